The van der Waals surface area contributed by atoms with E-state index >= 15 is 0 Å². The summed E-state index contributed by atoms with van der Waals surface area (Å²) in [7, 11) is 1.86. The minimum atomic E-state index is -5.25. The molecule has 23 heteroatoms. The van der Waals surface area contributed by atoms with Gasteiger partial charge in [0.05, 0.1) is 51.4 Å². The highest BCUT2D eigenvalue weighted by Crippen LogP contribution is 2.33. The van der Waals surface area contributed by atoms with Gasteiger partial charge in [0, 0.05) is 11.1 Å². The van der Waals surface area contributed by atoms with Crippen molar-refractivity contribution in [3.05, 3.63) is 24.5 Å². The topological polar surface area (TPSA) is 198 Å². The zero-order valence-electron chi connectivity index (χ0n) is 22.6. The summed E-state index contributed by atoms with van der Waals surface area (Å²) >= 11 is 0.797. The van der Waals surface area contributed by atoms with Crippen molar-refractivity contribution in [1.29, 1.82) is 0 Å². The van der Waals surface area contributed by atoms with Crippen molar-refractivity contribution in [2.24, 2.45) is 0 Å². The Morgan fingerprint density at radius 2 is 1.13 bits per heavy atom. The van der Waals surface area contributed by atoms with Gasteiger partial charge in [-0.3, -0.25) is 9.59 Å². The molecule has 0 aliphatic carbocycles. The van der Waals surface area contributed by atoms with Crippen molar-refractivity contribution < 1.29 is 55.0 Å². The molecule has 0 aliphatic heterocycles. The fraction of sp³-hybridized carbons (Fsp3) is 0.364. The number of nitrogens with zero attached hydrogens (tertiary/aromatic N) is 8. The van der Waals surface area contributed by atoms with Crippen molar-refractivity contribution in [2.75, 3.05) is 14.2 Å². The summed E-state index contributed by atoms with van der Waals surface area (Å²) in [5.41, 5.74) is 1.59. The van der Waals surface area contributed by atoms with E-state index in [2.05, 4.69) is 38.8 Å². The van der Waals surface area contributed by atoms with Crippen LogP contribution in [0.2, 0.25) is 0 Å². The van der Waals surface area contributed by atoms with Crippen LogP contribution in [0.1, 0.15) is 0 Å². The van der Waals surface area contributed by atoms with Crippen LogP contribution in [0.4, 0.5) is 26.3 Å². The number of methoxy groups -OCH3 is 2. The number of nitrogens with one attached hydrogen (secondary N) is 2. The van der Waals surface area contributed by atoms with Crippen molar-refractivity contribution >= 4 is 46.5 Å². The number of hydrogen-bond donors (Lipinski definition) is 2. The highest BCUT2D eigenvalue weighted by Gasteiger charge is 2.42. The van der Waals surface area contributed by atoms with Gasteiger partial charge in [-0.05, 0) is 12.1 Å². The largest absolute Gasteiger partial charge is 0.471 e. The number of carbonyl (C=O) groups excluding carboxylic acids is 4. The first-order valence-corrected chi connectivity index (χ1v) is 12.8. The normalized spacial score (nSPS) is 13.2. The molecule has 4 aromatic rings. The number of aromatic nitrogens is 8. The maximum absolute atomic E-state index is 12.7. The molecule has 4 rings (SSSR count). The van der Waals surface area contributed by atoms with Gasteiger partial charge in [0.1, 0.15) is 34.5 Å². The molecule has 0 aliphatic rings. The predicted octanol–water partition coefficient (Wildman–Crippen LogP) is 0.648. The minimum Gasteiger partial charge on any atom is -0.467 e. The molecule has 0 saturated carbocycles. The Bertz CT molecular complexity index is 1610. The molecule has 2 N–H and O–H groups in total. The van der Waals surface area contributed by atoms with Crippen LogP contribution in [0.3, 0.4) is 0 Å². The summed E-state index contributed by atoms with van der Waals surface area (Å²) in [5, 5.41) is 18.6. The second-order valence-corrected chi connectivity index (χ2v) is 9.40. The molecule has 3 heterocycles. The number of esters is 2. The molecule has 0 spiro atoms. The number of hydrogen-bond acceptors (Lipinski definition) is 13. The van der Waals surface area contributed by atoms with Crippen LogP contribution >= 0.6 is 11.7 Å². The minimum absolute atomic E-state index is 0.162. The van der Waals surface area contributed by atoms with Crippen LogP contribution < -0.4 is 10.6 Å². The third-order valence-electron chi connectivity index (χ3n) is 5.88. The van der Waals surface area contributed by atoms with Crippen LogP contribution in [0.15, 0.2) is 24.5 Å². The number of halogens is 6. The van der Waals surface area contributed by atoms with Crippen molar-refractivity contribution in [1.82, 2.24) is 49.4 Å². The predicted molar refractivity (Wildman–Crippen MR) is 135 cm³/mol. The van der Waals surface area contributed by atoms with Gasteiger partial charge >= 0.3 is 36.1 Å². The lowest BCUT2D eigenvalue weighted by atomic mass is 10.0. The molecule has 0 radical (unpaired) electrons. The summed E-state index contributed by atoms with van der Waals surface area (Å²) in [6.07, 6.45) is -7.94. The smallest absolute Gasteiger partial charge is 0.467 e. The quantitative estimate of drug-likeness (QED) is 0.178. The maximum Gasteiger partial charge on any atom is 0.471 e. The Hall–Kier alpha value is -5.22. The second-order valence-electron chi connectivity index (χ2n) is 8.87. The Morgan fingerprint density at radius 3 is 1.47 bits per heavy atom. The number of ether oxygens (including phenoxy) is 2. The first kappa shape index (κ1) is 32.7. The zero-order chi connectivity index (χ0) is 33.1. The van der Waals surface area contributed by atoms with Gasteiger partial charge < -0.3 is 20.1 Å². The average molecular weight is 665 g/mol. The van der Waals surface area contributed by atoms with Crippen LogP contribution in [-0.2, 0) is 41.7 Å². The highest BCUT2D eigenvalue weighted by molar-refractivity contribution is 7.00. The SMILES string of the molecule is COC(=O)[C@H](Cn1cc(-c2ccc(-c3cn(C[C@H](NC(=O)C(F)(F)F)C(=O)OC)nn3)c3nsnc23)nn1)NC(=O)C(F)(F)F. The Labute approximate surface area is 250 Å². The van der Waals surface area contributed by atoms with E-state index < -0.39 is 61.3 Å². The van der Waals surface area contributed by atoms with Crippen molar-refractivity contribution in [2.45, 2.75) is 37.5 Å². The van der Waals surface area contributed by atoms with E-state index in [1.807, 2.05) is 0 Å². The molecule has 1 aromatic carbocycles. The lowest BCUT2D eigenvalue weighted by Crippen LogP contribution is -2.49. The lowest BCUT2D eigenvalue weighted by Gasteiger charge is -2.17. The average Bonchev–Trinajstić information content (AvgIpc) is 3.75. The summed E-state index contributed by atoms with van der Waals surface area (Å²) < 4.78 is 95.7. The first-order valence-electron chi connectivity index (χ1n) is 12.1. The van der Waals surface area contributed by atoms with Crippen LogP contribution in [0.5, 0.6) is 0 Å². The summed E-state index contributed by atoms with van der Waals surface area (Å²) in [5.74, 6) is -7.02. The van der Waals surface area contributed by atoms with Gasteiger partial charge in [-0.1, -0.05) is 10.4 Å². The Kier molecular flexibility index (Phi) is 9.29. The fourth-order valence-corrected chi connectivity index (χ4v) is 4.37. The molecule has 0 unspecified atom stereocenters. The Morgan fingerprint density at radius 1 is 0.756 bits per heavy atom. The highest BCUT2D eigenvalue weighted by atomic mass is 32.1. The Balaban J connectivity index is 1.57. The molecule has 45 heavy (non-hydrogen) atoms. The molecule has 2 atom stereocenters. The van der Waals surface area contributed by atoms with Crippen LogP contribution in [0, 0.1) is 0 Å². The second kappa shape index (κ2) is 12.8. The molecule has 0 fully saturated rings. The van der Waals surface area contributed by atoms with Crippen LogP contribution in [-0.4, -0.2) is 101 Å². The third-order valence-corrected chi connectivity index (χ3v) is 6.41. The van der Waals surface area contributed by atoms with Crippen molar-refractivity contribution in [3.63, 3.8) is 0 Å². The van der Waals surface area contributed by atoms with Gasteiger partial charge in [0.2, 0.25) is 0 Å². The summed E-state index contributed by atoms with van der Waals surface area (Å²) in [4.78, 5) is 46.7. The third kappa shape index (κ3) is 7.47. The summed E-state index contributed by atoms with van der Waals surface area (Å²) in [6.45, 7) is -1.12. The molecular weight excluding hydrogens is 646 g/mol. The van der Waals surface area contributed by atoms with E-state index in [0.717, 1.165) is 35.3 Å². The van der Waals surface area contributed by atoms with E-state index in [-0.39, 0.29) is 22.4 Å². The van der Waals surface area contributed by atoms with Gasteiger partial charge in [0.25, 0.3) is 0 Å². The molecule has 2 amide bonds. The molecule has 0 bridgehead atoms. The maximum atomic E-state index is 12.7. The zero-order valence-corrected chi connectivity index (χ0v) is 23.4. The van der Waals surface area contributed by atoms with Crippen LogP contribution in [0.25, 0.3) is 33.5 Å². The van der Waals surface area contributed by atoms with Gasteiger partial charge in [-0.25, -0.2) is 19.0 Å². The monoisotopic (exact) mass is 664 g/mol. The summed E-state index contributed by atoms with van der Waals surface area (Å²) in [6, 6.07) is -0.442. The molecule has 3 aromatic heterocycles. The number of alkyl halides is 6. The van der Waals surface area contributed by atoms with E-state index in [9.17, 15) is 45.5 Å². The van der Waals surface area contributed by atoms with Gasteiger partial charge in [0.15, 0.2) is 0 Å². The molecular formula is C22H18F6N10O6S. The van der Waals surface area contributed by atoms with Gasteiger partial charge in [-0.15, -0.1) is 10.2 Å². The fourth-order valence-electron chi connectivity index (χ4n) is 3.80. The standard InChI is InChI=1S/C22H18F6N10O6S/c1-43-17(39)13(29-19(41)21(23,24)25)7-37-5-11(31-35-37)9-3-4-10(16-15(9)33-45-34-16)12-6-38(36-32-12)8-14(18(40)44-2)30-20(42)22(26,27)28/h3-6,13-14H,7-8H2,1-2H3,(H,29,41)(H,30,42)/t13-,14-/m0/s1. The van der Waals surface area contributed by atoms with E-state index in [4.69, 9.17) is 0 Å². The number of fused-ring (bicyclic) bond motifs is 1. The first-order chi connectivity index (χ1) is 21.1. The lowest BCUT2D eigenvalue weighted by molar-refractivity contribution is -0.175. The van der Waals surface area contributed by atoms with E-state index in [1.165, 1.54) is 35.2 Å². The number of rotatable bonds is 10. The number of amides is 2. The number of benzene rings is 1. The molecule has 240 valence electrons. The van der Waals surface area contributed by atoms with E-state index in [0.29, 0.717) is 11.1 Å². The van der Waals surface area contributed by atoms with Gasteiger partial charge in [-0.2, -0.15) is 35.1 Å². The molecule has 0 saturated heterocycles. The number of carbonyl (C=O) groups is 4. The van der Waals surface area contributed by atoms with Crippen molar-refractivity contribution in [3.8, 4) is 22.5 Å². The van der Waals surface area contributed by atoms with E-state index in [1.54, 1.807) is 0 Å². The molecule has 16 nitrogen and oxygen atoms in total.